The second kappa shape index (κ2) is 12.6. The highest BCUT2D eigenvalue weighted by molar-refractivity contribution is 5.96. The van der Waals surface area contributed by atoms with Gasteiger partial charge in [-0.15, -0.1) is 0 Å². The van der Waals surface area contributed by atoms with Crippen molar-refractivity contribution in [2.24, 2.45) is 0 Å². The number of piperazine rings is 1. The molecule has 3 atom stereocenters. The van der Waals surface area contributed by atoms with E-state index in [1.807, 2.05) is 13.0 Å². The Labute approximate surface area is 230 Å². The van der Waals surface area contributed by atoms with Crippen LogP contribution in [0.1, 0.15) is 31.9 Å². The van der Waals surface area contributed by atoms with Crippen LogP contribution in [0.3, 0.4) is 0 Å². The third-order valence-corrected chi connectivity index (χ3v) is 7.76. The van der Waals surface area contributed by atoms with Gasteiger partial charge in [0.15, 0.2) is 0 Å². The average Bonchev–Trinajstić information content (AvgIpc) is 2.92. The molecule has 2 aromatic rings. The zero-order valence-electron chi connectivity index (χ0n) is 23.2. The van der Waals surface area contributed by atoms with Gasteiger partial charge in [-0.1, -0.05) is 12.1 Å². The first-order valence-corrected chi connectivity index (χ1v) is 14.0. The number of anilines is 1. The first-order chi connectivity index (χ1) is 18.9. The molecule has 212 valence electrons. The van der Waals surface area contributed by atoms with E-state index in [9.17, 15) is 9.18 Å². The minimum Gasteiger partial charge on any atom is -0.478 e. The summed E-state index contributed by atoms with van der Waals surface area (Å²) in [5.74, 6) is 0.646. The molecule has 0 saturated carbocycles. The van der Waals surface area contributed by atoms with E-state index < -0.39 is 0 Å². The minimum absolute atomic E-state index is 0.0346. The van der Waals surface area contributed by atoms with E-state index in [0.29, 0.717) is 62.3 Å². The summed E-state index contributed by atoms with van der Waals surface area (Å²) in [5, 5.41) is 3.60. The molecule has 10 heteroatoms. The van der Waals surface area contributed by atoms with E-state index in [2.05, 4.69) is 33.9 Å². The van der Waals surface area contributed by atoms with E-state index in [-0.39, 0.29) is 17.8 Å². The van der Waals surface area contributed by atoms with E-state index in [1.54, 1.807) is 17.0 Å². The molecule has 3 aliphatic heterocycles. The number of carbonyl (C=O) groups is 1. The molecule has 1 unspecified atom stereocenters. The number of hydrogen-bond donors (Lipinski definition) is 1. The summed E-state index contributed by atoms with van der Waals surface area (Å²) in [4.78, 5) is 25.1. The summed E-state index contributed by atoms with van der Waals surface area (Å²) in [5.41, 5.74) is 2.43. The minimum atomic E-state index is -0.277. The maximum atomic E-state index is 13.8. The molecule has 1 amide bonds. The molecule has 1 aromatic heterocycles. The number of rotatable bonds is 8. The molecule has 5 rings (SSSR count). The van der Waals surface area contributed by atoms with E-state index in [4.69, 9.17) is 14.2 Å². The highest BCUT2D eigenvalue weighted by Crippen LogP contribution is 2.36. The van der Waals surface area contributed by atoms with Gasteiger partial charge in [-0.3, -0.25) is 14.6 Å². The smallest absolute Gasteiger partial charge is 0.241 e. The van der Waals surface area contributed by atoms with Gasteiger partial charge in [0, 0.05) is 56.3 Å². The summed E-state index contributed by atoms with van der Waals surface area (Å²) in [6, 6.07) is 9.26. The number of nitrogens with zero attached hydrogens (tertiary/aromatic N) is 4. The van der Waals surface area contributed by atoms with Crippen molar-refractivity contribution in [2.45, 2.75) is 45.3 Å². The average molecular weight is 542 g/mol. The number of pyridine rings is 1. The van der Waals surface area contributed by atoms with Crippen LogP contribution in [0.2, 0.25) is 0 Å². The van der Waals surface area contributed by atoms with Crippen molar-refractivity contribution in [1.82, 2.24) is 20.1 Å². The van der Waals surface area contributed by atoms with Crippen molar-refractivity contribution >= 4 is 11.6 Å². The monoisotopic (exact) mass is 541 g/mol. The van der Waals surface area contributed by atoms with Crippen molar-refractivity contribution in [3.63, 3.8) is 0 Å². The quantitative estimate of drug-likeness (QED) is 0.546. The topological polar surface area (TPSA) is 79.4 Å². The van der Waals surface area contributed by atoms with Crippen molar-refractivity contribution in [3.05, 3.63) is 47.3 Å². The summed E-state index contributed by atoms with van der Waals surface area (Å²) < 4.78 is 30.8. The van der Waals surface area contributed by atoms with E-state index in [1.165, 1.54) is 12.1 Å². The molecule has 1 N–H and O–H groups in total. The van der Waals surface area contributed by atoms with E-state index >= 15 is 0 Å². The molecule has 0 aliphatic carbocycles. The van der Waals surface area contributed by atoms with Crippen LogP contribution >= 0.6 is 0 Å². The van der Waals surface area contributed by atoms with Gasteiger partial charge in [-0.2, -0.15) is 4.98 Å². The zero-order chi connectivity index (χ0) is 27.4. The van der Waals surface area contributed by atoms with Gasteiger partial charge in [0.2, 0.25) is 17.7 Å². The van der Waals surface area contributed by atoms with Crippen LogP contribution in [0.4, 0.5) is 10.1 Å². The van der Waals surface area contributed by atoms with Gasteiger partial charge >= 0.3 is 0 Å². The molecule has 4 heterocycles. The highest BCUT2D eigenvalue weighted by Gasteiger charge is 2.34. The summed E-state index contributed by atoms with van der Waals surface area (Å²) in [6.45, 7) is 12.9. The maximum Gasteiger partial charge on any atom is 0.241 e. The summed E-state index contributed by atoms with van der Waals surface area (Å²) in [7, 11) is 0. The Bertz CT molecular complexity index is 1130. The number of benzene rings is 1. The highest BCUT2D eigenvalue weighted by atomic mass is 19.1. The van der Waals surface area contributed by atoms with Crippen LogP contribution in [0.5, 0.6) is 11.8 Å². The van der Waals surface area contributed by atoms with Crippen LogP contribution in [-0.4, -0.2) is 105 Å². The Balaban J connectivity index is 1.35. The lowest BCUT2D eigenvalue weighted by Gasteiger charge is -2.44. The summed E-state index contributed by atoms with van der Waals surface area (Å²) >= 11 is 0. The maximum absolute atomic E-state index is 13.8. The van der Waals surface area contributed by atoms with Gasteiger partial charge in [0.05, 0.1) is 32.9 Å². The Morgan fingerprint density at radius 1 is 1.18 bits per heavy atom. The van der Waals surface area contributed by atoms with E-state index in [0.717, 1.165) is 50.5 Å². The number of fused-ring (bicyclic) bond motifs is 1. The SMILES string of the molecule is CCOc1nc2c(cc1Cc1ccc(F)cc1)N(C(=O)CN1C[C@@H](C)NC[C@@H]1CN1CCOCC1C)CCO2. The lowest BCUT2D eigenvalue weighted by atomic mass is 10.0. The molecule has 0 radical (unpaired) electrons. The second-order valence-corrected chi connectivity index (χ2v) is 10.7. The molecule has 3 aliphatic rings. The van der Waals surface area contributed by atoms with Crippen LogP contribution in [0.15, 0.2) is 30.3 Å². The van der Waals surface area contributed by atoms with Crippen molar-refractivity contribution < 1.29 is 23.4 Å². The normalized spacial score (nSPS) is 24.2. The Hall–Kier alpha value is -2.79. The standard InChI is InChI=1S/C29H40FN5O4/c1-4-38-28-23(13-22-5-7-24(30)8-6-22)14-26-29(32-28)39-12-10-35(26)27(36)18-34-16-20(2)31-15-25(34)17-33-9-11-37-19-21(33)3/h5-8,14,20-21,25,31H,4,9-13,15-19H2,1-3H3/t20-,21?,25-/m1/s1. The molecule has 0 spiro atoms. The number of aromatic nitrogens is 1. The first kappa shape index (κ1) is 27.8. The number of amides is 1. The van der Waals surface area contributed by atoms with Gasteiger partial charge in [0.25, 0.3) is 0 Å². The number of morpholine rings is 1. The fourth-order valence-corrected chi connectivity index (χ4v) is 5.60. The molecular weight excluding hydrogens is 501 g/mol. The van der Waals surface area contributed by atoms with Crippen LogP contribution in [0, 0.1) is 5.82 Å². The predicted molar refractivity (Wildman–Crippen MR) is 147 cm³/mol. The molecule has 0 bridgehead atoms. The Morgan fingerprint density at radius 3 is 2.77 bits per heavy atom. The zero-order valence-corrected chi connectivity index (χ0v) is 23.2. The van der Waals surface area contributed by atoms with Crippen molar-refractivity contribution in [2.75, 3.05) is 70.6 Å². The fourth-order valence-electron chi connectivity index (χ4n) is 5.60. The third kappa shape index (κ3) is 6.69. The second-order valence-electron chi connectivity index (χ2n) is 10.7. The van der Waals surface area contributed by atoms with Gasteiger partial charge in [-0.25, -0.2) is 4.39 Å². The van der Waals surface area contributed by atoms with Crippen LogP contribution in [0.25, 0.3) is 0 Å². The number of carbonyl (C=O) groups excluding carboxylic acids is 1. The molecular formula is C29H40FN5O4. The lowest BCUT2D eigenvalue weighted by molar-refractivity contribution is -0.121. The van der Waals surface area contributed by atoms with Crippen LogP contribution < -0.4 is 19.7 Å². The van der Waals surface area contributed by atoms with Gasteiger partial charge in [0.1, 0.15) is 18.1 Å². The van der Waals surface area contributed by atoms with Crippen molar-refractivity contribution in [1.29, 1.82) is 0 Å². The molecule has 2 saturated heterocycles. The number of ether oxygens (including phenoxy) is 3. The lowest BCUT2D eigenvalue weighted by Crippen LogP contribution is -2.62. The van der Waals surface area contributed by atoms with Crippen molar-refractivity contribution in [3.8, 4) is 11.8 Å². The Kier molecular flexibility index (Phi) is 8.96. The van der Waals surface area contributed by atoms with Gasteiger partial charge < -0.3 is 24.4 Å². The van der Waals surface area contributed by atoms with Gasteiger partial charge in [-0.05, 0) is 44.5 Å². The summed E-state index contributed by atoms with van der Waals surface area (Å²) in [6.07, 6.45) is 0.507. The Morgan fingerprint density at radius 2 is 2.00 bits per heavy atom. The third-order valence-electron chi connectivity index (χ3n) is 7.76. The molecule has 2 fully saturated rings. The molecule has 9 nitrogen and oxygen atoms in total. The number of nitrogens with one attached hydrogen (secondary N) is 1. The largest absolute Gasteiger partial charge is 0.478 e. The number of halogens is 1. The molecule has 1 aromatic carbocycles. The number of hydrogen-bond acceptors (Lipinski definition) is 8. The fraction of sp³-hybridized carbons (Fsp3) is 0.586. The molecule has 39 heavy (non-hydrogen) atoms. The van der Waals surface area contributed by atoms with Crippen LogP contribution in [-0.2, 0) is 16.0 Å². The predicted octanol–water partition coefficient (Wildman–Crippen LogP) is 2.32. The first-order valence-electron chi connectivity index (χ1n) is 14.0.